The average Bonchev–Trinajstić information content (AvgIpc) is 3.24. The lowest BCUT2D eigenvalue weighted by Gasteiger charge is -2.03. The van der Waals surface area contributed by atoms with Crippen LogP contribution in [0.4, 0.5) is 15.8 Å². The van der Waals surface area contributed by atoms with Gasteiger partial charge in [0.1, 0.15) is 33.7 Å². The van der Waals surface area contributed by atoms with Crippen LogP contribution in [0.2, 0.25) is 0 Å². The van der Waals surface area contributed by atoms with E-state index in [2.05, 4.69) is 10.3 Å². The van der Waals surface area contributed by atoms with Crippen molar-refractivity contribution >= 4 is 39.3 Å². The van der Waals surface area contributed by atoms with Gasteiger partial charge in [-0.25, -0.2) is 14.2 Å². The minimum Gasteiger partial charge on any atom is -0.422 e. The summed E-state index contributed by atoms with van der Waals surface area (Å²) >= 11 is 1.12. The molecule has 0 aliphatic carbocycles. The van der Waals surface area contributed by atoms with Gasteiger partial charge in [-0.05, 0) is 24.3 Å². The van der Waals surface area contributed by atoms with Gasteiger partial charge < -0.3 is 9.73 Å². The average molecular weight is 434 g/mol. The number of nitrogens with one attached hydrogen (secondary N) is 1. The predicted molar refractivity (Wildman–Crippen MR) is 114 cm³/mol. The molecular formula is C21H11FN4O4S. The summed E-state index contributed by atoms with van der Waals surface area (Å²) in [6, 6.07) is 13.7. The minimum absolute atomic E-state index is 0.0195. The molecule has 0 aliphatic heterocycles. The first kappa shape index (κ1) is 19.9. The zero-order valence-electron chi connectivity index (χ0n) is 15.5. The number of nitro groups is 1. The van der Waals surface area contributed by atoms with Crippen LogP contribution in [0.15, 0.2) is 69.3 Å². The van der Waals surface area contributed by atoms with Crippen molar-refractivity contribution in [3.63, 3.8) is 0 Å². The molecule has 0 aliphatic rings. The van der Waals surface area contributed by atoms with Gasteiger partial charge >= 0.3 is 5.63 Å². The monoisotopic (exact) mass is 434 g/mol. The molecule has 8 nitrogen and oxygen atoms in total. The number of hydrogen-bond acceptors (Lipinski definition) is 8. The Morgan fingerprint density at radius 2 is 2.10 bits per heavy atom. The number of nitrogens with zero attached hydrogens (tertiary/aromatic N) is 3. The number of aromatic nitrogens is 1. The van der Waals surface area contributed by atoms with E-state index in [-0.39, 0.29) is 16.8 Å². The van der Waals surface area contributed by atoms with E-state index in [4.69, 9.17) is 4.42 Å². The predicted octanol–water partition coefficient (Wildman–Crippen LogP) is 4.94. The van der Waals surface area contributed by atoms with Crippen molar-refractivity contribution in [3.8, 4) is 17.3 Å². The van der Waals surface area contributed by atoms with Crippen molar-refractivity contribution < 1.29 is 13.7 Å². The standard InChI is InChI=1S/C21H11FN4O4S/c22-14-5-6-16(18(8-14)26(28)29)24-10-13(9-23)20-25-17(11-31-20)15-7-12-3-1-2-4-19(12)30-21(15)27/h1-8,10-11,24H/b13-10-. The Balaban J connectivity index is 1.67. The largest absolute Gasteiger partial charge is 0.422 e. The normalized spacial score (nSPS) is 11.3. The third-order valence-corrected chi connectivity index (χ3v) is 5.18. The van der Waals surface area contributed by atoms with E-state index >= 15 is 0 Å². The third kappa shape index (κ3) is 4.03. The number of nitro benzene ring substituents is 1. The highest BCUT2D eigenvalue weighted by atomic mass is 32.1. The van der Waals surface area contributed by atoms with Crippen molar-refractivity contribution in [3.05, 3.63) is 91.5 Å². The number of halogens is 1. The molecule has 0 bridgehead atoms. The molecule has 2 heterocycles. The summed E-state index contributed by atoms with van der Waals surface area (Å²) in [4.78, 5) is 27.0. The van der Waals surface area contributed by atoms with Crippen molar-refractivity contribution in [2.75, 3.05) is 5.32 Å². The first-order valence-electron chi connectivity index (χ1n) is 8.76. The van der Waals surface area contributed by atoms with Gasteiger partial charge in [-0.15, -0.1) is 11.3 Å². The quantitative estimate of drug-likeness (QED) is 0.204. The van der Waals surface area contributed by atoms with Crippen LogP contribution in [0.5, 0.6) is 0 Å². The summed E-state index contributed by atoms with van der Waals surface area (Å²) in [6.07, 6.45) is 1.24. The van der Waals surface area contributed by atoms with Gasteiger partial charge in [0.15, 0.2) is 0 Å². The summed E-state index contributed by atoms with van der Waals surface area (Å²) in [5, 5.41) is 25.9. The van der Waals surface area contributed by atoms with Crippen LogP contribution in [0.3, 0.4) is 0 Å². The highest BCUT2D eigenvalue weighted by Gasteiger charge is 2.16. The lowest BCUT2D eigenvalue weighted by Crippen LogP contribution is -2.03. The highest BCUT2D eigenvalue weighted by Crippen LogP contribution is 2.28. The molecule has 2 aromatic heterocycles. The summed E-state index contributed by atoms with van der Waals surface area (Å²) in [7, 11) is 0. The second-order valence-electron chi connectivity index (χ2n) is 6.26. The van der Waals surface area contributed by atoms with E-state index in [0.717, 1.165) is 28.9 Å². The molecular weight excluding hydrogens is 423 g/mol. The molecule has 0 radical (unpaired) electrons. The Morgan fingerprint density at radius 1 is 1.29 bits per heavy atom. The van der Waals surface area contributed by atoms with Gasteiger partial charge in [0.05, 0.1) is 22.2 Å². The van der Waals surface area contributed by atoms with E-state index in [1.807, 2.05) is 12.1 Å². The van der Waals surface area contributed by atoms with Crippen LogP contribution in [0, 0.1) is 27.3 Å². The first-order chi connectivity index (χ1) is 15.0. The zero-order valence-corrected chi connectivity index (χ0v) is 16.4. The molecule has 10 heteroatoms. The van der Waals surface area contributed by atoms with Crippen LogP contribution in [-0.2, 0) is 0 Å². The van der Waals surface area contributed by atoms with E-state index in [1.54, 1.807) is 29.6 Å². The maximum Gasteiger partial charge on any atom is 0.345 e. The number of benzene rings is 2. The number of fused-ring (bicyclic) bond motifs is 1. The van der Waals surface area contributed by atoms with Crippen molar-refractivity contribution in [2.45, 2.75) is 0 Å². The molecule has 0 fully saturated rings. The second kappa shape index (κ2) is 8.17. The molecule has 4 rings (SSSR count). The molecule has 31 heavy (non-hydrogen) atoms. The Morgan fingerprint density at radius 3 is 2.87 bits per heavy atom. The number of hydrogen-bond donors (Lipinski definition) is 1. The molecule has 152 valence electrons. The summed E-state index contributed by atoms with van der Waals surface area (Å²) in [6.45, 7) is 0. The Hall–Kier alpha value is -4.36. The van der Waals surface area contributed by atoms with Gasteiger partial charge in [0.25, 0.3) is 5.69 Å². The van der Waals surface area contributed by atoms with E-state index in [1.165, 1.54) is 12.3 Å². The topological polar surface area (TPSA) is 122 Å². The van der Waals surface area contributed by atoms with Crippen LogP contribution >= 0.6 is 11.3 Å². The maximum absolute atomic E-state index is 13.3. The molecule has 2 aromatic carbocycles. The van der Waals surface area contributed by atoms with Gasteiger partial charge in [-0.2, -0.15) is 5.26 Å². The number of anilines is 1. The lowest BCUT2D eigenvalue weighted by atomic mass is 10.1. The fourth-order valence-electron chi connectivity index (χ4n) is 2.83. The van der Waals surface area contributed by atoms with E-state index < -0.39 is 22.1 Å². The van der Waals surface area contributed by atoms with E-state index in [0.29, 0.717) is 16.3 Å². The SMILES string of the molecule is N#C/C(=C/Nc1ccc(F)cc1[N+](=O)[O-])c1nc(-c2cc3ccccc3oc2=O)cs1. The third-order valence-electron chi connectivity index (χ3n) is 4.30. The number of nitriles is 1. The van der Waals surface area contributed by atoms with Crippen LogP contribution < -0.4 is 10.9 Å². The van der Waals surface area contributed by atoms with Gasteiger partial charge in [0, 0.05) is 17.0 Å². The Kier molecular flexibility index (Phi) is 5.26. The van der Waals surface area contributed by atoms with Gasteiger partial charge in [-0.3, -0.25) is 10.1 Å². The van der Waals surface area contributed by atoms with Crippen LogP contribution in [0.25, 0.3) is 27.8 Å². The van der Waals surface area contributed by atoms with Gasteiger partial charge in [-0.1, -0.05) is 18.2 Å². The fourth-order valence-corrected chi connectivity index (χ4v) is 3.62. The summed E-state index contributed by atoms with van der Waals surface area (Å²) in [5.74, 6) is -0.750. The fraction of sp³-hybridized carbons (Fsp3) is 0. The second-order valence-corrected chi connectivity index (χ2v) is 7.11. The summed E-state index contributed by atoms with van der Waals surface area (Å²) < 4.78 is 18.6. The molecule has 0 unspecified atom stereocenters. The number of allylic oxidation sites excluding steroid dienone is 1. The Labute approximate surface area is 177 Å². The van der Waals surface area contributed by atoms with Crippen molar-refractivity contribution in [1.82, 2.24) is 4.98 Å². The number of rotatable bonds is 5. The molecule has 0 atom stereocenters. The van der Waals surface area contributed by atoms with Gasteiger partial charge in [0.2, 0.25) is 0 Å². The van der Waals surface area contributed by atoms with Crippen LogP contribution in [0.1, 0.15) is 5.01 Å². The molecule has 0 saturated carbocycles. The number of para-hydroxylation sites is 1. The first-order valence-corrected chi connectivity index (χ1v) is 9.64. The van der Waals surface area contributed by atoms with Crippen molar-refractivity contribution in [2.24, 2.45) is 0 Å². The Bertz CT molecular complexity index is 1450. The molecule has 0 saturated heterocycles. The molecule has 4 aromatic rings. The smallest absolute Gasteiger partial charge is 0.345 e. The highest BCUT2D eigenvalue weighted by molar-refractivity contribution is 7.11. The summed E-state index contributed by atoms with van der Waals surface area (Å²) in [5.41, 5.74) is 0.120. The molecule has 0 amide bonds. The lowest BCUT2D eigenvalue weighted by molar-refractivity contribution is -0.384. The number of thiazole rings is 1. The van der Waals surface area contributed by atoms with Crippen LogP contribution in [-0.4, -0.2) is 9.91 Å². The van der Waals surface area contributed by atoms with E-state index in [9.17, 15) is 24.6 Å². The molecule has 0 spiro atoms. The maximum atomic E-state index is 13.3. The van der Waals surface area contributed by atoms with Crippen molar-refractivity contribution in [1.29, 1.82) is 5.26 Å². The zero-order chi connectivity index (χ0) is 22.0. The molecule has 1 N–H and O–H groups in total. The minimum atomic E-state index is -0.750.